The Morgan fingerprint density at radius 1 is 1.19 bits per heavy atom. The van der Waals surface area contributed by atoms with Crippen LogP contribution in [-0.4, -0.2) is 60.3 Å². The number of fused-ring (bicyclic) bond motifs is 1. The van der Waals surface area contributed by atoms with Gasteiger partial charge in [0.05, 0.1) is 5.69 Å². The molecule has 3 aromatic rings. The Hall–Kier alpha value is -4.39. The highest BCUT2D eigenvalue weighted by Gasteiger charge is 2.33. The van der Waals surface area contributed by atoms with Gasteiger partial charge in [-0.05, 0) is 36.4 Å². The second kappa shape index (κ2) is 9.70. The molecule has 1 saturated heterocycles. The zero-order valence-corrected chi connectivity index (χ0v) is 19.5. The molecule has 1 aromatic heterocycles. The first-order valence-corrected chi connectivity index (χ1v) is 11.4. The molecule has 2 amide bonds. The quantitative estimate of drug-likeness (QED) is 0.484. The summed E-state index contributed by atoms with van der Waals surface area (Å²) in [5, 5.41) is 15.9. The van der Waals surface area contributed by atoms with Crippen molar-refractivity contribution >= 4 is 17.5 Å². The molecule has 1 atom stereocenters. The molecule has 9 heteroatoms. The summed E-state index contributed by atoms with van der Waals surface area (Å²) in [6.07, 6.45) is 1.47. The first-order valence-electron chi connectivity index (χ1n) is 11.4. The Labute approximate surface area is 208 Å². The molecule has 5 rings (SSSR count). The maximum atomic E-state index is 13.2. The number of para-hydroxylation sites is 1. The monoisotopic (exact) mass is 484 g/mol. The third-order valence-electron chi connectivity index (χ3n) is 5.88. The third-order valence-corrected chi connectivity index (χ3v) is 5.88. The van der Waals surface area contributed by atoms with Crippen LogP contribution in [0.15, 0.2) is 66.9 Å². The Bertz CT molecular complexity index is 1360. The van der Waals surface area contributed by atoms with Crippen LogP contribution in [-0.2, 0) is 4.79 Å². The number of pyridine rings is 1. The van der Waals surface area contributed by atoms with E-state index >= 15 is 0 Å². The predicted molar refractivity (Wildman–Crippen MR) is 132 cm³/mol. The standard InChI is InChI=1S/C27H24N4O5/c1-31-23-13-18(9-11-27(34)16-28-17-27)7-8-24(23)35-15-22(26(31)33)30-25(32)21-14-20(10-12-29-21)36-19-5-3-2-4-6-19/h2-8,10,12-14,22,28,34H,15-17H2,1H3,(H,30,32). The van der Waals surface area contributed by atoms with Gasteiger partial charge in [0.15, 0.2) is 0 Å². The van der Waals surface area contributed by atoms with E-state index in [-0.39, 0.29) is 18.2 Å². The number of likely N-dealkylation sites (N-methyl/N-ethyl adjacent to an activating group) is 1. The van der Waals surface area contributed by atoms with Crippen molar-refractivity contribution in [2.45, 2.75) is 11.6 Å². The molecule has 36 heavy (non-hydrogen) atoms. The van der Waals surface area contributed by atoms with E-state index in [0.717, 1.165) is 0 Å². The van der Waals surface area contributed by atoms with Gasteiger partial charge in [-0.15, -0.1) is 0 Å². The number of aliphatic hydroxyl groups is 1. The van der Waals surface area contributed by atoms with Gasteiger partial charge >= 0.3 is 0 Å². The van der Waals surface area contributed by atoms with E-state index in [4.69, 9.17) is 9.47 Å². The summed E-state index contributed by atoms with van der Waals surface area (Å²) in [4.78, 5) is 31.6. The molecule has 3 N–H and O–H groups in total. The number of hydrogen-bond acceptors (Lipinski definition) is 7. The Morgan fingerprint density at radius 3 is 2.75 bits per heavy atom. The van der Waals surface area contributed by atoms with Crippen molar-refractivity contribution in [3.8, 4) is 29.1 Å². The lowest BCUT2D eigenvalue weighted by atomic mass is 9.98. The molecule has 3 heterocycles. The van der Waals surface area contributed by atoms with E-state index in [2.05, 4.69) is 27.5 Å². The van der Waals surface area contributed by atoms with E-state index in [9.17, 15) is 14.7 Å². The lowest BCUT2D eigenvalue weighted by Crippen LogP contribution is -2.58. The van der Waals surface area contributed by atoms with Gasteiger partial charge in [-0.2, -0.15) is 0 Å². The molecule has 2 aliphatic heterocycles. The van der Waals surface area contributed by atoms with Gasteiger partial charge in [-0.3, -0.25) is 14.6 Å². The maximum Gasteiger partial charge on any atom is 0.270 e. The number of β-amino-alcohol motifs (C(OH)–C–C–N with tert-alkyl or cyclic N) is 1. The van der Waals surface area contributed by atoms with Gasteiger partial charge in [-0.25, -0.2) is 0 Å². The SMILES string of the molecule is CN1C(=O)C(NC(=O)c2cc(Oc3ccccc3)ccn2)COc2ccc(C#CC3(O)CNC3)cc21. The lowest BCUT2D eigenvalue weighted by Gasteiger charge is -2.32. The number of amides is 2. The van der Waals surface area contributed by atoms with Crippen LogP contribution in [0.5, 0.6) is 17.2 Å². The van der Waals surface area contributed by atoms with E-state index < -0.39 is 17.6 Å². The summed E-state index contributed by atoms with van der Waals surface area (Å²) in [5.41, 5.74) is 0.247. The smallest absolute Gasteiger partial charge is 0.270 e. The van der Waals surface area contributed by atoms with E-state index in [1.54, 1.807) is 43.4 Å². The topological polar surface area (TPSA) is 113 Å². The third kappa shape index (κ3) is 5.00. The Balaban J connectivity index is 1.29. The minimum absolute atomic E-state index is 0.0431. The predicted octanol–water partition coefficient (Wildman–Crippen LogP) is 1.71. The molecule has 9 nitrogen and oxygen atoms in total. The highest BCUT2D eigenvalue weighted by atomic mass is 16.5. The molecule has 2 aromatic carbocycles. The van der Waals surface area contributed by atoms with Crippen LogP contribution in [0.3, 0.4) is 0 Å². The number of carbonyl (C=O) groups is 2. The second-order valence-electron chi connectivity index (χ2n) is 8.59. The summed E-state index contributed by atoms with van der Waals surface area (Å²) < 4.78 is 11.6. The fourth-order valence-electron chi connectivity index (χ4n) is 3.77. The Morgan fingerprint density at radius 2 is 2.00 bits per heavy atom. The van der Waals surface area contributed by atoms with E-state index in [1.165, 1.54) is 17.2 Å². The van der Waals surface area contributed by atoms with Crippen LogP contribution in [0.4, 0.5) is 5.69 Å². The fraction of sp³-hybridized carbons (Fsp3) is 0.222. The number of carbonyl (C=O) groups excluding carboxylic acids is 2. The maximum absolute atomic E-state index is 13.2. The van der Waals surface area contributed by atoms with E-state index in [1.807, 2.05) is 18.2 Å². The molecule has 0 radical (unpaired) electrons. The van der Waals surface area contributed by atoms with Crippen molar-refractivity contribution in [2.24, 2.45) is 0 Å². The number of ether oxygens (including phenoxy) is 2. The van der Waals surface area contributed by atoms with Crippen LogP contribution in [0, 0.1) is 11.8 Å². The van der Waals surface area contributed by atoms with Crippen molar-refractivity contribution in [2.75, 3.05) is 31.6 Å². The minimum atomic E-state index is -1.03. The van der Waals surface area contributed by atoms with Crippen LogP contribution >= 0.6 is 0 Å². The normalized spacial score (nSPS) is 17.9. The zero-order chi connectivity index (χ0) is 25.1. The number of hydrogen-bond donors (Lipinski definition) is 3. The fourth-order valence-corrected chi connectivity index (χ4v) is 3.77. The first-order chi connectivity index (χ1) is 17.4. The lowest BCUT2D eigenvalue weighted by molar-refractivity contribution is -0.120. The summed E-state index contributed by atoms with van der Waals surface area (Å²) >= 11 is 0. The molecular formula is C27H24N4O5. The van der Waals surface area contributed by atoms with E-state index in [0.29, 0.717) is 41.6 Å². The molecule has 1 unspecified atom stereocenters. The van der Waals surface area contributed by atoms with Gasteiger partial charge in [-0.1, -0.05) is 30.0 Å². The van der Waals surface area contributed by atoms with Crippen molar-refractivity contribution in [3.05, 3.63) is 78.1 Å². The summed E-state index contributed by atoms with van der Waals surface area (Å²) in [6.45, 7) is 0.798. The molecule has 1 fully saturated rings. The number of nitrogens with one attached hydrogen (secondary N) is 2. The highest BCUT2D eigenvalue weighted by molar-refractivity contribution is 6.03. The van der Waals surface area contributed by atoms with Gasteiger partial charge < -0.3 is 30.1 Å². The average molecular weight is 485 g/mol. The average Bonchev–Trinajstić information content (AvgIpc) is 2.99. The molecule has 2 aliphatic rings. The van der Waals surface area contributed by atoms with Crippen molar-refractivity contribution in [3.63, 3.8) is 0 Å². The molecule has 0 spiro atoms. The largest absolute Gasteiger partial charge is 0.489 e. The number of aromatic nitrogens is 1. The minimum Gasteiger partial charge on any atom is -0.489 e. The number of anilines is 1. The molecule has 182 valence electrons. The van der Waals surface area contributed by atoms with Crippen LogP contribution in [0.25, 0.3) is 0 Å². The number of rotatable bonds is 4. The van der Waals surface area contributed by atoms with Crippen molar-refractivity contribution in [1.29, 1.82) is 0 Å². The molecule has 0 saturated carbocycles. The van der Waals surface area contributed by atoms with Crippen molar-refractivity contribution in [1.82, 2.24) is 15.6 Å². The van der Waals surface area contributed by atoms with Crippen LogP contribution < -0.4 is 25.0 Å². The van der Waals surface area contributed by atoms with Gasteiger partial charge in [0.25, 0.3) is 11.8 Å². The first kappa shape index (κ1) is 23.4. The summed E-state index contributed by atoms with van der Waals surface area (Å²) in [6, 6.07) is 16.6. The summed E-state index contributed by atoms with van der Waals surface area (Å²) in [5.74, 6) is 6.52. The number of benzene rings is 2. The highest BCUT2D eigenvalue weighted by Crippen LogP contribution is 2.31. The van der Waals surface area contributed by atoms with Crippen LogP contribution in [0.1, 0.15) is 16.1 Å². The Kier molecular flexibility index (Phi) is 6.29. The molecule has 0 aliphatic carbocycles. The zero-order valence-electron chi connectivity index (χ0n) is 19.5. The van der Waals surface area contributed by atoms with Gasteiger partial charge in [0.2, 0.25) is 0 Å². The van der Waals surface area contributed by atoms with Gasteiger partial charge in [0.1, 0.15) is 41.2 Å². The molecule has 0 bridgehead atoms. The van der Waals surface area contributed by atoms with Gasteiger partial charge in [0, 0.05) is 38.0 Å². The summed E-state index contributed by atoms with van der Waals surface area (Å²) in [7, 11) is 1.61. The van der Waals surface area contributed by atoms with Crippen LogP contribution in [0.2, 0.25) is 0 Å². The number of nitrogens with zero attached hydrogens (tertiary/aromatic N) is 2. The molecular weight excluding hydrogens is 460 g/mol. The second-order valence-corrected chi connectivity index (χ2v) is 8.59. The van der Waals surface area contributed by atoms with Crippen molar-refractivity contribution < 1.29 is 24.2 Å².